The number of hydrogen-bond acceptors (Lipinski definition) is 7. The maximum Gasteiger partial charge on any atom is 0.269 e. The molecule has 31 heavy (non-hydrogen) atoms. The van der Waals surface area contributed by atoms with Crippen molar-refractivity contribution in [1.29, 1.82) is 0 Å². The minimum atomic E-state index is -0.420. The fourth-order valence-corrected chi connectivity index (χ4v) is 4.70. The van der Waals surface area contributed by atoms with Crippen LogP contribution in [0, 0.1) is 0 Å². The second-order valence-corrected chi connectivity index (χ2v) is 9.15. The smallest absolute Gasteiger partial charge is 0.269 e. The van der Waals surface area contributed by atoms with Crippen molar-refractivity contribution in [2.24, 2.45) is 0 Å². The molecule has 2 aromatic heterocycles. The molecule has 1 aromatic carbocycles. The van der Waals surface area contributed by atoms with Crippen molar-refractivity contribution in [2.75, 3.05) is 12.4 Å². The topological polar surface area (TPSA) is 98.1 Å². The summed E-state index contributed by atoms with van der Waals surface area (Å²) in [7, 11) is 0. The number of benzene rings is 1. The number of amides is 2. The Balaban J connectivity index is 1.36. The van der Waals surface area contributed by atoms with Crippen LogP contribution in [0.5, 0.6) is 0 Å². The summed E-state index contributed by atoms with van der Waals surface area (Å²) in [6.45, 7) is 1.40. The van der Waals surface area contributed by atoms with Crippen LogP contribution in [0.2, 0.25) is 5.02 Å². The van der Waals surface area contributed by atoms with Gasteiger partial charge in [0.1, 0.15) is 0 Å². The Hall–Kier alpha value is -2.40. The van der Waals surface area contributed by atoms with Gasteiger partial charge in [-0.15, -0.1) is 21.5 Å². The number of carbonyl (C=O) groups is 2. The number of carbonyl (C=O) groups excluding carboxylic acids is 2. The van der Waals surface area contributed by atoms with Gasteiger partial charge in [0, 0.05) is 17.2 Å². The third-order valence-electron chi connectivity index (χ3n) is 4.62. The molecule has 1 unspecified atom stereocenters. The number of rotatable bonds is 7. The number of halogens is 1. The van der Waals surface area contributed by atoms with Crippen molar-refractivity contribution in [1.82, 2.24) is 25.6 Å². The van der Waals surface area contributed by atoms with Crippen LogP contribution in [0.1, 0.15) is 23.2 Å². The molecule has 3 heterocycles. The van der Waals surface area contributed by atoms with E-state index in [0.29, 0.717) is 22.3 Å². The Morgan fingerprint density at radius 1 is 1.23 bits per heavy atom. The molecule has 8 nitrogen and oxygen atoms in total. The Morgan fingerprint density at radius 2 is 2.06 bits per heavy atom. The zero-order valence-electron chi connectivity index (χ0n) is 16.4. The lowest BCUT2D eigenvalue weighted by molar-refractivity contribution is -0.119. The molecule has 2 amide bonds. The molecule has 4 rings (SSSR count). The van der Waals surface area contributed by atoms with Crippen molar-refractivity contribution < 1.29 is 14.3 Å². The minimum Gasteiger partial charge on any atom is -0.376 e. The predicted octanol–water partition coefficient (Wildman–Crippen LogP) is 3.39. The number of hydrogen-bond donors (Lipinski definition) is 2. The molecule has 2 N–H and O–H groups in total. The summed E-state index contributed by atoms with van der Waals surface area (Å²) >= 11 is 8.67. The van der Waals surface area contributed by atoms with Crippen LogP contribution in [0.3, 0.4) is 0 Å². The molecule has 0 saturated carbocycles. The molecule has 0 spiro atoms. The van der Waals surface area contributed by atoms with E-state index in [9.17, 15) is 9.59 Å². The van der Waals surface area contributed by atoms with Gasteiger partial charge in [0.25, 0.3) is 5.91 Å². The fraction of sp³-hybridized carbons (Fsp3) is 0.300. The number of ether oxygens (including phenoxy) is 1. The van der Waals surface area contributed by atoms with Crippen LogP contribution in [0.4, 0.5) is 0 Å². The standard InChI is InChI=1S/C20H20ClN5O3S2/c21-14-7-5-13(6-8-14)19(28)24-22-17(27)12-31-20-25-23-18(16-4-2-10-30-16)26(20)11-15-3-1-9-29-15/h2,4-8,10,15H,1,3,9,11-12H2,(H,22,27)(H,24,28). The third-order valence-corrected chi connectivity index (χ3v) is 6.71. The van der Waals surface area contributed by atoms with Crippen molar-refractivity contribution in [3.8, 4) is 10.7 Å². The summed E-state index contributed by atoms with van der Waals surface area (Å²) < 4.78 is 7.78. The average Bonchev–Trinajstić information content (AvgIpc) is 3.54. The Morgan fingerprint density at radius 3 is 2.77 bits per heavy atom. The predicted molar refractivity (Wildman–Crippen MR) is 120 cm³/mol. The highest BCUT2D eigenvalue weighted by Crippen LogP contribution is 2.29. The summed E-state index contributed by atoms with van der Waals surface area (Å²) in [5, 5.41) is 11.8. The first kappa shape index (κ1) is 21.8. The van der Waals surface area contributed by atoms with E-state index in [0.717, 1.165) is 30.2 Å². The summed E-state index contributed by atoms with van der Waals surface area (Å²) in [4.78, 5) is 25.4. The number of hydrazine groups is 1. The van der Waals surface area contributed by atoms with E-state index in [2.05, 4.69) is 21.0 Å². The van der Waals surface area contributed by atoms with Crippen LogP contribution < -0.4 is 10.9 Å². The van der Waals surface area contributed by atoms with Crippen molar-refractivity contribution in [2.45, 2.75) is 30.6 Å². The van der Waals surface area contributed by atoms with E-state index in [1.54, 1.807) is 35.6 Å². The van der Waals surface area contributed by atoms with Gasteiger partial charge in [0.2, 0.25) is 5.91 Å². The molecule has 1 atom stereocenters. The zero-order chi connectivity index (χ0) is 21.6. The summed E-state index contributed by atoms with van der Waals surface area (Å²) in [6, 6.07) is 10.3. The molecular formula is C20H20ClN5O3S2. The van der Waals surface area contributed by atoms with Crippen LogP contribution >= 0.6 is 34.7 Å². The number of nitrogens with one attached hydrogen (secondary N) is 2. The fourth-order valence-electron chi connectivity index (χ4n) is 3.11. The summed E-state index contributed by atoms with van der Waals surface area (Å²) in [5.74, 6) is 0.0762. The quantitative estimate of drug-likeness (QED) is 0.400. The van der Waals surface area contributed by atoms with Gasteiger partial charge in [-0.3, -0.25) is 25.0 Å². The molecular weight excluding hydrogens is 458 g/mol. The van der Waals surface area contributed by atoms with Gasteiger partial charge in [-0.2, -0.15) is 0 Å². The van der Waals surface area contributed by atoms with Crippen molar-refractivity contribution in [3.63, 3.8) is 0 Å². The first-order valence-corrected chi connectivity index (χ1v) is 11.9. The lowest BCUT2D eigenvalue weighted by atomic mass is 10.2. The van der Waals surface area contributed by atoms with Crippen LogP contribution in [-0.4, -0.2) is 45.0 Å². The van der Waals surface area contributed by atoms with Gasteiger partial charge in [0.05, 0.1) is 23.3 Å². The van der Waals surface area contributed by atoms with Crippen molar-refractivity contribution >= 4 is 46.5 Å². The maximum atomic E-state index is 12.2. The highest BCUT2D eigenvalue weighted by atomic mass is 35.5. The van der Waals surface area contributed by atoms with Crippen LogP contribution in [0.15, 0.2) is 46.9 Å². The molecule has 1 aliphatic heterocycles. The van der Waals surface area contributed by atoms with Gasteiger partial charge in [0.15, 0.2) is 11.0 Å². The van der Waals surface area contributed by atoms with Crippen LogP contribution in [-0.2, 0) is 16.1 Å². The number of thioether (sulfide) groups is 1. The average molecular weight is 478 g/mol. The Labute approximate surface area is 192 Å². The number of thiophene rings is 1. The van der Waals surface area contributed by atoms with Gasteiger partial charge in [-0.1, -0.05) is 29.4 Å². The molecule has 0 radical (unpaired) electrons. The first-order chi connectivity index (χ1) is 15.1. The molecule has 1 saturated heterocycles. The second kappa shape index (κ2) is 10.3. The van der Waals surface area contributed by atoms with E-state index >= 15 is 0 Å². The van der Waals surface area contributed by atoms with Gasteiger partial charge < -0.3 is 4.74 Å². The second-order valence-electron chi connectivity index (χ2n) is 6.83. The van der Waals surface area contributed by atoms with E-state index in [4.69, 9.17) is 16.3 Å². The highest BCUT2D eigenvalue weighted by molar-refractivity contribution is 7.99. The van der Waals surface area contributed by atoms with E-state index in [-0.39, 0.29) is 17.8 Å². The van der Waals surface area contributed by atoms with Crippen molar-refractivity contribution in [3.05, 3.63) is 52.4 Å². The minimum absolute atomic E-state index is 0.0784. The van der Waals surface area contributed by atoms with Gasteiger partial charge in [-0.25, -0.2) is 0 Å². The van der Waals surface area contributed by atoms with Gasteiger partial charge >= 0.3 is 0 Å². The molecule has 1 fully saturated rings. The zero-order valence-corrected chi connectivity index (χ0v) is 18.8. The largest absolute Gasteiger partial charge is 0.376 e. The first-order valence-electron chi connectivity index (χ1n) is 9.66. The number of aromatic nitrogens is 3. The Bertz CT molecular complexity index is 1030. The molecule has 0 aliphatic carbocycles. The monoisotopic (exact) mass is 477 g/mol. The maximum absolute atomic E-state index is 12.2. The SMILES string of the molecule is O=C(CSc1nnc(-c2cccs2)n1CC1CCCO1)NNC(=O)c1ccc(Cl)cc1. The third kappa shape index (κ3) is 5.65. The molecule has 162 valence electrons. The summed E-state index contributed by atoms with van der Waals surface area (Å²) in [5.41, 5.74) is 5.22. The summed E-state index contributed by atoms with van der Waals surface area (Å²) in [6.07, 6.45) is 2.14. The lowest BCUT2D eigenvalue weighted by Gasteiger charge is -2.14. The molecule has 11 heteroatoms. The molecule has 0 bridgehead atoms. The van der Waals surface area contributed by atoms with Crippen LogP contribution in [0.25, 0.3) is 10.7 Å². The van der Waals surface area contributed by atoms with E-state index in [1.807, 2.05) is 22.1 Å². The highest BCUT2D eigenvalue weighted by Gasteiger charge is 2.22. The van der Waals surface area contributed by atoms with Gasteiger partial charge in [-0.05, 0) is 48.6 Å². The number of nitrogens with zero attached hydrogens (tertiary/aromatic N) is 3. The van der Waals surface area contributed by atoms with E-state index in [1.165, 1.54) is 11.8 Å². The molecule has 3 aromatic rings. The Kier molecular flexibility index (Phi) is 7.23. The lowest BCUT2D eigenvalue weighted by Crippen LogP contribution is -2.42. The van der Waals surface area contributed by atoms with E-state index < -0.39 is 5.91 Å². The molecule has 1 aliphatic rings. The normalized spacial score (nSPS) is 15.7.